The highest BCUT2D eigenvalue weighted by Gasteiger charge is 2.36. The van der Waals surface area contributed by atoms with Gasteiger partial charge in [-0.2, -0.15) is 5.26 Å². The largest absolute Gasteiger partial charge is 0.489 e. The molecule has 8 heteroatoms. The first-order valence-corrected chi connectivity index (χ1v) is 9.67. The van der Waals surface area contributed by atoms with E-state index in [1.165, 1.54) is 12.3 Å². The summed E-state index contributed by atoms with van der Waals surface area (Å²) in [5.74, 6) is -0.483. The Hall–Kier alpha value is -4.64. The van der Waals surface area contributed by atoms with Gasteiger partial charge in [0.15, 0.2) is 0 Å². The summed E-state index contributed by atoms with van der Waals surface area (Å²) in [4.78, 5) is 38.0. The summed E-state index contributed by atoms with van der Waals surface area (Å²) in [6.07, 6.45) is 2.85. The SMILES string of the molecule is N#Cc1ccccc1COc1ccc(C=C2C(=O)NC(=O)N(Cc3ccco3)C2=O)cc1. The van der Waals surface area contributed by atoms with Crippen LogP contribution in [0.25, 0.3) is 6.08 Å². The molecule has 0 atom stereocenters. The Morgan fingerprint density at radius 2 is 1.81 bits per heavy atom. The first-order valence-electron chi connectivity index (χ1n) is 9.67. The van der Waals surface area contributed by atoms with Crippen LogP contribution in [-0.4, -0.2) is 22.7 Å². The van der Waals surface area contributed by atoms with E-state index >= 15 is 0 Å². The van der Waals surface area contributed by atoms with Crippen molar-refractivity contribution in [1.29, 1.82) is 5.26 Å². The first-order chi connectivity index (χ1) is 15.5. The fourth-order valence-electron chi connectivity index (χ4n) is 3.14. The fraction of sp³-hybridized carbons (Fsp3) is 0.0833. The zero-order valence-electron chi connectivity index (χ0n) is 16.8. The molecule has 1 N–H and O–H groups in total. The number of nitrogens with zero attached hydrogens (tertiary/aromatic N) is 2. The molecule has 1 aromatic heterocycles. The number of urea groups is 1. The van der Waals surface area contributed by atoms with Crippen LogP contribution in [0.1, 0.15) is 22.5 Å². The second-order valence-electron chi connectivity index (χ2n) is 6.91. The van der Waals surface area contributed by atoms with Crippen LogP contribution in [0.5, 0.6) is 5.75 Å². The minimum atomic E-state index is -0.796. The van der Waals surface area contributed by atoms with Crippen molar-refractivity contribution < 1.29 is 23.5 Å². The summed E-state index contributed by atoms with van der Waals surface area (Å²) >= 11 is 0. The molecule has 2 heterocycles. The van der Waals surface area contributed by atoms with E-state index in [9.17, 15) is 14.4 Å². The molecule has 0 unspecified atom stereocenters. The van der Waals surface area contributed by atoms with Crippen LogP contribution in [0.2, 0.25) is 0 Å². The van der Waals surface area contributed by atoms with Gasteiger partial charge in [0.05, 0.1) is 24.4 Å². The van der Waals surface area contributed by atoms with E-state index < -0.39 is 17.8 Å². The van der Waals surface area contributed by atoms with Gasteiger partial charge in [-0.1, -0.05) is 30.3 Å². The Balaban J connectivity index is 1.47. The lowest BCUT2D eigenvalue weighted by Crippen LogP contribution is -2.53. The Morgan fingerprint density at radius 3 is 2.53 bits per heavy atom. The van der Waals surface area contributed by atoms with E-state index in [-0.39, 0.29) is 18.7 Å². The van der Waals surface area contributed by atoms with Gasteiger partial charge in [0.1, 0.15) is 23.7 Å². The topological polar surface area (TPSA) is 113 Å². The maximum atomic E-state index is 12.7. The molecular formula is C24H17N3O5. The lowest BCUT2D eigenvalue weighted by molar-refractivity contribution is -0.130. The minimum absolute atomic E-state index is 0.0841. The Kier molecular flexibility index (Phi) is 5.81. The summed E-state index contributed by atoms with van der Waals surface area (Å²) < 4.78 is 10.9. The number of amides is 4. The molecule has 0 saturated carbocycles. The highest BCUT2D eigenvalue weighted by atomic mass is 16.5. The number of ether oxygens (including phenoxy) is 1. The molecule has 1 aliphatic rings. The maximum Gasteiger partial charge on any atom is 0.331 e. The molecule has 4 rings (SSSR count). The summed E-state index contributed by atoms with van der Waals surface area (Å²) in [7, 11) is 0. The van der Waals surface area contributed by atoms with Crippen molar-refractivity contribution in [1.82, 2.24) is 10.2 Å². The van der Waals surface area contributed by atoms with Gasteiger partial charge in [-0.05, 0) is 42.0 Å². The molecule has 0 bridgehead atoms. The zero-order valence-corrected chi connectivity index (χ0v) is 16.8. The van der Waals surface area contributed by atoms with Gasteiger partial charge in [-0.25, -0.2) is 4.79 Å². The molecule has 1 aliphatic heterocycles. The quantitative estimate of drug-likeness (QED) is 0.477. The molecule has 3 aromatic rings. The number of carbonyl (C=O) groups excluding carboxylic acids is 3. The number of carbonyl (C=O) groups is 3. The van der Waals surface area contributed by atoms with E-state index in [4.69, 9.17) is 14.4 Å². The molecule has 8 nitrogen and oxygen atoms in total. The van der Waals surface area contributed by atoms with Crippen molar-refractivity contribution in [2.75, 3.05) is 0 Å². The molecular weight excluding hydrogens is 410 g/mol. The van der Waals surface area contributed by atoms with Crippen molar-refractivity contribution in [3.05, 3.63) is 95.0 Å². The molecule has 2 aromatic carbocycles. The summed E-state index contributed by atoms with van der Waals surface area (Å²) in [5, 5.41) is 11.3. The molecule has 0 aliphatic carbocycles. The molecule has 1 fully saturated rings. The number of barbiturate groups is 1. The van der Waals surface area contributed by atoms with Crippen LogP contribution in [0.4, 0.5) is 4.79 Å². The van der Waals surface area contributed by atoms with E-state index in [0.29, 0.717) is 22.6 Å². The van der Waals surface area contributed by atoms with Crippen LogP contribution >= 0.6 is 0 Å². The van der Waals surface area contributed by atoms with Crippen molar-refractivity contribution in [3.8, 4) is 11.8 Å². The normalized spacial score (nSPS) is 14.9. The third-order valence-electron chi connectivity index (χ3n) is 4.80. The van der Waals surface area contributed by atoms with Gasteiger partial charge in [0.25, 0.3) is 11.8 Å². The molecule has 1 saturated heterocycles. The second kappa shape index (κ2) is 9.02. The summed E-state index contributed by atoms with van der Waals surface area (Å²) in [6.45, 7) is 0.147. The average molecular weight is 427 g/mol. The average Bonchev–Trinajstić information content (AvgIpc) is 3.32. The number of nitrogens with one attached hydrogen (secondary N) is 1. The number of nitriles is 1. The highest BCUT2D eigenvalue weighted by molar-refractivity contribution is 6.30. The lowest BCUT2D eigenvalue weighted by atomic mass is 10.1. The van der Waals surface area contributed by atoms with Crippen LogP contribution in [0, 0.1) is 11.3 Å². The summed E-state index contributed by atoms with van der Waals surface area (Å²) in [5.41, 5.74) is 1.74. The molecule has 0 spiro atoms. The van der Waals surface area contributed by atoms with Gasteiger partial charge >= 0.3 is 6.03 Å². The van der Waals surface area contributed by atoms with Gasteiger partial charge in [0, 0.05) is 5.56 Å². The lowest BCUT2D eigenvalue weighted by Gasteiger charge is -2.25. The number of benzene rings is 2. The smallest absolute Gasteiger partial charge is 0.331 e. The third kappa shape index (κ3) is 4.42. The number of hydrogen-bond acceptors (Lipinski definition) is 6. The number of hydrogen-bond donors (Lipinski definition) is 1. The van der Waals surface area contributed by atoms with E-state index in [2.05, 4.69) is 11.4 Å². The maximum absolute atomic E-state index is 12.7. The van der Waals surface area contributed by atoms with E-state index in [0.717, 1.165) is 10.5 Å². The van der Waals surface area contributed by atoms with Crippen LogP contribution in [-0.2, 0) is 22.7 Å². The predicted octanol–water partition coefficient (Wildman–Crippen LogP) is 3.39. The molecule has 32 heavy (non-hydrogen) atoms. The Bertz CT molecular complexity index is 1240. The number of rotatable bonds is 6. The van der Waals surface area contributed by atoms with E-state index in [1.807, 2.05) is 12.1 Å². The number of furan rings is 1. The number of imide groups is 2. The minimum Gasteiger partial charge on any atom is -0.489 e. The monoisotopic (exact) mass is 427 g/mol. The van der Waals surface area contributed by atoms with Crippen molar-refractivity contribution >= 4 is 23.9 Å². The van der Waals surface area contributed by atoms with Crippen LogP contribution in [0.15, 0.2) is 76.9 Å². The van der Waals surface area contributed by atoms with E-state index in [1.54, 1.807) is 48.5 Å². The van der Waals surface area contributed by atoms with Crippen LogP contribution < -0.4 is 10.1 Å². The Morgan fingerprint density at radius 1 is 1.03 bits per heavy atom. The van der Waals surface area contributed by atoms with Gasteiger partial charge in [-0.3, -0.25) is 19.8 Å². The van der Waals surface area contributed by atoms with Crippen molar-refractivity contribution in [3.63, 3.8) is 0 Å². The predicted molar refractivity (Wildman–Crippen MR) is 113 cm³/mol. The fourth-order valence-corrected chi connectivity index (χ4v) is 3.14. The first kappa shape index (κ1) is 20.6. The van der Waals surface area contributed by atoms with Gasteiger partial charge in [0.2, 0.25) is 0 Å². The second-order valence-corrected chi connectivity index (χ2v) is 6.91. The van der Waals surface area contributed by atoms with Gasteiger partial charge < -0.3 is 9.15 Å². The molecule has 158 valence electrons. The van der Waals surface area contributed by atoms with Crippen molar-refractivity contribution in [2.24, 2.45) is 0 Å². The zero-order chi connectivity index (χ0) is 22.5. The van der Waals surface area contributed by atoms with Crippen LogP contribution in [0.3, 0.4) is 0 Å². The molecule has 4 amide bonds. The molecule has 0 radical (unpaired) electrons. The summed E-state index contributed by atoms with van der Waals surface area (Å²) in [6, 6.07) is 18.5. The third-order valence-corrected chi connectivity index (χ3v) is 4.80. The van der Waals surface area contributed by atoms with Crippen molar-refractivity contribution in [2.45, 2.75) is 13.2 Å². The standard InChI is InChI=1S/C24H17N3O5/c25-13-17-4-1-2-5-18(17)15-32-19-9-7-16(8-10-19)12-21-22(28)26-24(30)27(23(21)29)14-20-6-3-11-31-20/h1-12H,14-15H2,(H,26,28,30). The Labute approximate surface area is 183 Å². The van der Waals surface area contributed by atoms with Gasteiger partial charge in [-0.15, -0.1) is 0 Å². The highest BCUT2D eigenvalue weighted by Crippen LogP contribution is 2.20.